The number of thiazole rings is 1. The van der Waals surface area contributed by atoms with Crippen molar-refractivity contribution in [2.75, 3.05) is 13.2 Å². The highest BCUT2D eigenvalue weighted by Crippen LogP contribution is 2.32. The van der Waals surface area contributed by atoms with Gasteiger partial charge in [-0.15, -0.1) is 11.3 Å². The van der Waals surface area contributed by atoms with Crippen molar-refractivity contribution < 1.29 is 9.47 Å². The minimum absolute atomic E-state index is 0.257. The fourth-order valence-electron chi connectivity index (χ4n) is 2.19. The number of hydrogen-bond acceptors (Lipinski definition) is 5. The van der Waals surface area contributed by atoms with Crippen LogP contribution in [-0.4, -0.2) is 18.2 Å². The second-order valence-corrected chi connectivity index (χ2v) is 5.81. The standard InChI is InChI=1S/C15H18N2O2S/c1-10(16-8-15-11(2)17-9-20-15)12-3-4-13-14(7-12)19-6-5-18-13/h3-4,7,9-10,16H,5-6,8H2,1-2H3/t10-/m0/s1. The summed E-state index contributed by atoms with van der Waals surface area (Å²) in [4.78, 5) is 5.55. The topological polar surface area (TPSA) is 43.4 Å². The minimum Gasteiger partial charge on any atom is -0.486 e. The van der Waals surface area contributed by atoms with E-state index >= 15 is 0 Å². The van der Waals surface area contributed by atoms with Crippen LogP contribution in [0.15, 0.2) is 23.7 Å². The molecular weight excluding hydrogens is 272 g/mol. The first kappa shape index (κ1) is 13.4. The van der Waals surface area contributed by atoms with Crippen LogP contribution in [0.4, 0.5) is 0 Å². The van der Waals surface area contributed by atoms with Crippen molar-refractivity contribution in [2.45, 2.75) is 26.4 Å². The Morgan fingerprint density at radius 2 is 2.10 bits per heavy atom. The Balaban J connectivity index is 1.67. The van der Waals surface area contributed by atoms with Crippen LogP contribution >= 0.6 is 11.3 Å². The lowest BCUT2D eigenvalue weighted by molar-refractivity contribution is 0.171. The van der Waals surface area contributed by atoms with Gasteiger partial charge in [0.1, 0.15) is 13.2 Å². The van der Waals surface area contributed by atoms with E-state index in [9.17, 15) is 0 Å². The number of ether oxygens (including phenoxy) is 2. The molecule has 106 valence electrons. The average molecular weight is 290 g/mol. The Kier molecular flexibility index (Phi) is 3.89. The van der Waals surface area contributed by atoms with Crippen LogP contribution in [0.25, 0.3) is 0 Å². The van der Waals surface area contributed by atoms with Gasteiger partial charge in [0.05, 0.1) is 11.2 Å². The maximum Gasteiger partial charge on any atom is 0.161 e. The molecule has 0 bridgehead atoms. The van der Waals surface area contributed by atoms with Gasteiger partial charge in [-0.05, 0) is 31.5 Å². The third-order valence-corrected chi connectivity index (χ3v) is 4.41. The summed E-state index contributed by atoms with van der Waals surface area (Å²) in [7, 11) is 0. The van der Waals surface area contributed by atoms with Gasteiger partial charge >= 0.3 is 0 Å². The molecule has 0 saturated heterocycles. The van der Waals surface area contributed by atoms with Gasteiger partial charge in [-0.1, -0.05) is 6.07 Å². The Labute approximate surface area is 122 Å². The number of hydrogen-bond donors (Lipinski definition) is 1. The molecule has 0 spiro atoms. The smallest absolute Gasteiger partial charge is 0.161 e. The Hall–Kier alpha value is -1.59. The lowest BCUT2D eigenvalue weighted by atomic mass is 10.1. The molecule has 1 aromatic heterocycles. The zero-order valence-electron chi connectivity index (χ0n) is 11.7. The number of rotatable bonds is 4. The molecule has 1 aliphatic rings. The number of aromatic nitrogens is 1. The number of nitrogens with one attached hydrogen (secondary N) is 1. The molecule has 20 heavy (non-hydrogen) atoms. The van der Waals surface area contributed by atoms with Gasteiger partial charge in [-0.3, -0.25) is 0 Å². The molecule has 1 atom stereocenters. The van der Waals surface area contributed by atoms with Crippen molar-refractivity contribution in [2.24, 2.45) is 0 Å². The van der Waals surface area contributed by atoms with E-state index in [0.29, 0.717) is 13.2 Å². The third-order valence-electron chi connectivity index (χ3n) is 3.48. The van der Waals surface area contributed by atoms with Gasteiger partial charge in [0.25, 0.3) is 0 Å². The fraction of sp³-hybridized carbons (Fsp3) is 0.400. The number of fused-ring (bicyclic) bond motifs is 1. The molecule has 1 aliphatic heterocycles. The summed E-state index contributed by atoms with van der Waals surface area (Å²) in [6.07, 6.45) is 0. The summed E-state index contributed by atoms with van der Waals surface area (Å²) in [6.45, 7) is 6.29. The van der Waals surface area contributed by atoms with Gasteiger partial charge < -0.3 is 14.8 Å². The monoisotopic (exact) mass is 290 g/mol. The van der Waals surface area contributed by atoms with E-state index in [1.54, 1.807) is 11.3 Å². The lowest BCUT2D eigenvalue weighted by Gasteiger charge is -2.21. The van der Waals surface area contributed by atoms with E-state index < -0.39 is 0 Å². The quantitative estimate of drug-likeness (QED) is 0.940. The molecule has 0 fully saturated rings. The molecule has 1 N–H and O–H groups in total. The Bertz CT molecular complexity index is 597. The summed E-state index contributed by atoms with van der Waals surface area (Å²) in [5.74, 6) is 1.68. The van der Waals surface area contributed by atoms with Crippen molar-refractivity contribution in [3.8, 4) is 11.5 Å². The summed E-state index contributed by atoms with van der Waals surface area (Å²) >= 11 is 1.69. The first-order chi connectivity index (χ1) is 9.74. The van der Waals surface area contributed by atoms with E-state index in [2.05, 4.69) is 29.4 Å². The molecule has 2 aromatic rings. The molecular formula is C15H18N2O2S. The van der Waals surface area contributed by atoms with E-state index in [0.717, 1.165) is 23.7 Å². The summed E-state index contributed by atoms with van der Waals surface area (Å²) in [5, 5.41) is 3.52. The van der Waals surface area contributed by atoms with Crippen LogP contribution in [-0.2, 0) is 6.54 Å². The zero-order valence-corrected chi connectivity index (χ0v) is 12.5. The van der Waals surface area contributed by atoms with Crippen LogP contribution in [0, 0.1) is 6.92 Å². The van der Waals surface area contributed by atoms with Gasteiger partial charge in [0.15, 0.2) is 11.5 Å². The molecule has 1 aromatic carbocycles. The first-order valence-electron chi connectivity index (χ1n) is 6.76. The molecule has 0 unspecified atom stereocenters. The highest BCUT2D eigenvalue weighted by Gasteiger charge is 2.14. The molecule has 0 radical (unpaired) electrons. The van der Waals surface area contributed by atoms with Crippen LogP contribution in [0.3, 0.4) is 0 Å². The number of aryl methyl sites for hydroxylation is 1. The van der Waals surface area contributed by atoms with Crippen LogP contribution in [0.2, 0.25) is 0 Å². The Morgan fingerprint density at radius 1 is 1.30 bits per heavy atom. The normalized spacial score (nSPS) is 15.1. The molecule has 2 heterocycles. The maximum absolute atomic E-state index is 5.62. The van der Waals surface area contributed by atoms with Crippen molar-refractivity contribution in [1.82, 2.24) is 10.3 Å². The largest absolute Gasteiger partial charge is 0.486 e. The predicted molar refractivity (Wildman–Crippen MR) is 79.5 cm³/mol. The second kappa shape index (κ2) is 5.81. The molecule has 4 nitrogen and oxygen atoms in total. The minimum atomic E-state index is 0.257. The van der Waals surface area contributed by atoms with Crippen LogP contribution < -0.4 is 14.8 Å². The fourth-order valence-corrected chi connectivity index (χ4v) is 2.92. The van der Waals surface area contributed by atoms with Gasteiger partial charge in [-0.2, -0.15) is 0 Å². The van der Waals surface area contributed by atoms with Gasteiger partial charge in [-0.25, -0.2) is 4.98 Å². The highest BCUT2D eigenvalue weighted by molar-refractivity contribution is 7.09. The third kappa shape index (κ3) is 2.78. The number of benzene rings is 1. The van der Waals surface area contributed by atoms with Crippen molar-refractivity contribution in [3.05, 3.63) is 39.8 Å². The molecule has 0 aliphatic carbocycles. The van der Waals surface area contributed by atoms with Crippen LogP contribution in [0.1, 0.15) is 29.1 Å². The molecule has 5 heteroatoms. The van der Waals surface area contributed by atoms with Crippen molar-refractivity contribution in [1.29, 1.82) is 0 Å². The summed E-state index contributed by atoms with van der Waals surface area (Å²) in [6, 6.07) is 6.39. The van der Waals surface area contributed by atoms with E-state index in [-0.39, 0.29) is 6.04 Å². The predicted octanol–water partition coefficient (Wildman–Crippen LogP) is 3.07. The van der Waals surface area contributed by atoms with Gasteiger partial charge in [0.2, 0.25) is 0 Å². The lowest BCUT2D eigenvalue weighted by Crippen LogP contribution is -2.19. The van der Waals surface area contributed by atoms with E-state index in [4.69, 9.17) is 9.47 Å². The van der Waals surface area contributed by atoms with E-state index in [1.165, 1.54) is 10.4 Å². The van der Waals surface area contributed by atoms with Crippen LogP contribution in [0.5, 0.6) is 11.5 Å². The maximum atomic E-state index is 5.62. The molecule has 3 rings (SSSR count). The second-order valence-electron chi connectivity index (χ2n) is 4.87. The van der Waals surface area contributed by atoms with Gasteiger partial charge in [0, 0.05) is 17.5 Å². The van der Waals surface area contributed by atoms with Crippen molar-refractivity contribution in [3.63, 3.8) is 0 Å². The van der Waals surface area contributed by atoms with E-state index in [1.807, 2.05) is 18.5 Å². The Morgan fingerprint density at radius 3 is 2.85 bits per heavy atom. The van der Waals surface area contributed by atoms with Crippen molar-refractivity contribution >= 4 is 11.3 Å². The molecule has 0 saturated carbocycles. The summed E-state index contributed by atoms with van der Waals surface area (Å²) in [5.41, 5.74) is 4.20. The average Bonchev–Trinajstić information content (AvgIpc) is 2.89. The highest BCUT2D eigenvalue weighted by atomic mass is 32.1. The summed E-state index contributed by atoms with van der Waals surface area (Å²) < 4.78 is 11.2. The zero-order chi connectivity index (χ0) is 13.9. The molecule has 0 amide bonds. The number of nitrogens with zero attached hydrogens (tertiary/aromatic N) is 1. The first-order valence-corrected chi connectivity index (χ1v) is 7.64. The SMILES string of the molecule is Cc1ncsc1CN[C@@H](C)c1ccc2c(c1)OCCO2.